The summed E-state index contributed by atoms with van der Waals surface area (Å²) in [5.41, 5.74) is -0.899. The third-order valence-electron chi connectivity index (χ3n) is 3.48. The van der Waals surface area contributed by atoms with Crippen molar-refractivity contribution in [2.75, 3.05) is 0 Å². The maximum absolute atomic E-state index is 12.5. The number of aliphatic hydroxyl groups is 1. The zero-order chi connectivity index (χ0) is 14.2. The highest BCUT2D eigenvalue weighted by atomic mass is 16.3. The van der Waals surface area contributed by atoms with Gasteiger partial charge in [-0.15, -0.1) is 0 Å². The van der Waals surface area contributed by atoms with E-state index in [-0.39, 0.29) is 5.57 Å². The van der Waals surface area contributed by atoms with Crippen molar-refractivity contribution in [3.8, 4) is 0 Å². The van der Waals surface area contributed by atoms with Crippen LogP contribution >= 0.6 is 0 Å². The molecular weight excluding hydrogens is 252 g/mol. The Labute approximate surface area is 116 Å². The van der Waals surface area contributed by atoms with Gasteiger partial charge in [0.1, 0.15) is 0 Å². The largest absolute Gasteiger partial charge is 0.370 e. The minimum absolute atomic E-state index is 0.252. The first kappa shape index (κ1) is 12.5. The van der Waals surface area contributed by atoms with E-state index in [0.717, 1.165) is 0 Å². The van der Waals surface area contributed by atoms with Crippen LogP contribution in [0.1, 0.15) is 11.1 Å². The minimum atomic E-state index is -2.09. The van der Waals surface area contributed by atoms with Crippen LogP contribution < -0.4 is 0 Å². The number of benzene rings is 2. The summed E-state index contributed by atoms with van der Waals surface area (Å²) in [6.07, 6.45) is 1.23. The first-order chi connectivity index (χ1) is 9.64. The van der Waals surface area contributed by atoms with Gasteiger partial charge in [0.2, 0.25) is 17.2 Å². The Kier molecular flexibility index (Phi) is 2.84. The summed E-state index contributed by atoms with van der Waals surface area (Å²) in [5.74, 6) is -1.16. The molecule has 0 fully saturated rings. The van der Waals surface area contributed by atoms with E-state index in [1.54, 1.807) is 54.6 Å². The fourth-order valence-corrected chi connectivity index (χ4v) is 2.39. The van der Waals surface area contributed by atoms with Gasteiger partial charge in [0, 0.05) is 5.57 Å². The van der Waals surface area contributed by atoms with E-state index < -0.39 is 17.2 Å². The van der Waals surface area contributed by atoms with Gasteiger partial charge in [-0.3, -0.25) is 9.59 Å². The molecule has 0 saturated heterocycles. The number of carbonyl (C=O) groups excluding carboxylic acids is 2. The predicted octanol–water partition coefficient (Wildman–Crippen LogP) is 2.11. The standard InChI is InChI=1S/C17H12O3/c18-15-11-14(12-7-3-1-4-8-12)16(19)17(15,20)13-9-5-2-6-10-13/h1-11,20H. The van der Waals surface area contributed by atoms with Crippen LogP contribution in [0.2, 0.25) is 0 Å². The van der Waals surface area contributed by atoms with Crippen LogP contribution in [0.15, 0.2) is 66.7 Å². The monoisotopic (exact) mass is 264 g/mol. The highest BCUT2D eigenvalue weighted by molar-refractivity contribution is 6.41. The van der Waals surface area contributed by atoms with Crippen LogP contribution in [0.5, 0.6) is 0 Å². The molecule has 1 unspecified atom stereocenters. The molecule has 1 aliphatic rings. The van der Waals surface area contributed by atoms with Crippen molar-refractivity contribution < 1.29 is 14.7 Å². The molecule has 1 atom stereocenters. The van der Waals surface area contributed by atoms with Crippen molar-refractivity contribution in [2.45, 2.75) is 5.60 Å². The minimum Gasteiger partial charge on any atom is -0.370 e. The van der Waals surface area contributed by atoms with E-state index in [1.807, 2.05) is 6.07 Å². The number of hydrogen-bond acceptors (Lipinski definition) is 3. The second-order valence-electron chi connectivity index (χ2n) is 4.69. The molecule has 3 nitrogen and oxygen atoms in total. The van der Waals surface area contributed by atoms with Gasteiger partial charge in [-0.05, 0) is 17.2 Å². The molecule has 3 heteroatoms. The van der Waals surface area contributed by atoms with Gasteiger partial charge >= 0.3 is 0 Å². The van der Waals surface area contributed by atoms with E-state index in [0.29, 0.717) is 11.1 Å². The predicted molar refractivity (Wildman–Crippen MR) is 74.8 cm³/mol. The molecule has 0 amide bonds. The first-order valence-corrected chi connectivity index (χ1v) is 6.28. The van der Waals surface area contributed by atoms with Crippen molar-refractivity contribution in [1.29, 1.82) is 0 Å². The normalized spacial score (nSPS) is 21.9. The van der Waals surface area contributed by atoms with E-state index in [1.165, 1.54) is 6.08 Å². The van der Waals surface area contributed by atoms with Crippen LogP contribution in [0.4, 0.5) is 0 Å². The SMILES string of the molecule is O=C1C=C(c2ccccc2)C(=O)C1(O)c1ccccc1. The molecule has 2 aromatic carbocycles. The van der Waals surface area contributed by atoms with Crippen molar-refractivity contribution in [1.82, 2.24) is 0 Å². The van der Waals surface area contributed by atoms with E-state index >= 15 is 0 Å². The van der Waals surface area contributed by atoms with Gasteiger partial charge in [-0.25, -0.2) is 0 Å². The Morgan fingerprint density at radius 2 is 1.35 bits per heavy atom. The molecule has 3 rings (SSSR count). The number of Topliss-reactive ketones (excluding diaryl/α,β-unsaturated/α-hetero) is 1. The fourth-order valence-electron chi connectivity index (χ4n) is 2.39. The van der Waals surface area contributed by atoms with Crippen LogP contribution in [0.25, 0.3) is 5.57 Å². The molecule has 2 aromatic rings. The Morgan fingerprint density at radius 1 is 0.800 bits per heavy atom. The van der Waals surface area contributed by atoms with Crippen LogP contribution in [0, 0.1) is 0 Å². The summed E-state index contributed by atoms with van der Waals surface area (Å²) >= 11 is 0. The lowest BCUT2D eigenvalue weighted by molar-refractivity contribution is -0.143. The lowest BCUT2D eigenvalue weighted by atomic mass is 9.87. The average Bonchev–Trinajstić information content (AvgIpc) is 2.74. The summed E-state index contributed by atoms with van der Waals surface area (Å²) < 4.78 is 0. The van der Waals surface area contributed by atoms with Crippen LogP contribution in [-0.4, -0.2) is 16.7 Å². The van der Waals surface area contributed by atoms with E-state index in [9.17, 15) is 14.7 Å². The summed E-state index contributed by atoms with van der Waals surface area (Å²) in [6.45, 7) is 0. The molecule has 98 valence electrons. The molecule has 0 aromatic heterocycles. The summed E-state index contributed by atoms with van der Waals surface area (Å²) in [7, 11) is 0. The zero-order valence-corrected chi connectivity index (χ0v) is 10.6. The summed E-state index contributed by atoms with van der Waals surface area (Å²) in [4.78, 5) is 24.6. The topological polar surface area (TPSA) is 54.4 Å². The summed E-state index contributed by atoms with van der Waals surface area (Å²) in [6, 6.07) is 17.2. The van der Waals surface area contributed by atoms with Crippen LogP contribution in [-0.2, 0) is 15.2 Å². The molecule has 0 spiro atoms. The third kappa shape index (κ3) is 1.72. The van der Waals surface area contributed by atoms with Gasteiger partial charge < -0.3 is 5.11 Å². The average molecular weight is 264 g/mol. The molecule has 1 N–H and O–H groups in total. The Hall–Kier alpha value is -2.52. The quantitative estimate of drug-likeness (QED) is 0.845. The first-order valence-electron chi connectivity index (χ1n) is 6.28. The van der Waals surface area contributed by atoms with Gasteiger partial charge in [0.05, 0.1) is 0 Å². The number of ketones is 2. The van der Waals surface area contributed by atoms with Crippen molar-refractivity contribution in [3.63, 3.8) is 0 Å². The van der Waals surface area contributed by atoms with Gasteiger partial charge in [-0.1, -0.05) is 60.7 Å². The zero-order valence-electron chi connectivity index (χ0n) is 10.6. The van der Waals surface area contributed by atoms with Gasteiger partial charge in [-0.2, -0.15) is 0 Å². The van der Waals surface area contributed by atoms with Crippen molar-refractivity contribution in [2.24, 2.45) is 0 Å². The molecule has 20 heavy (non-hydrogen) atoms. The third-order valence-corrected chi connectivity index (χ3v) is 3.48. The Bertz CT molecular complexity index is 702. The van der Waals surface area contributed by atoms with Gasteiger partial charge in [0.15, 0.2) is 0 Å². The molecule has 0 radical (unpaired) electrons. The smallest absolute Gasteiger partial charge is 0.215 e. The highest BCUT2D eigenvalue weighted by Gasteiger charge is 2.50. The molecule has 0 heterocycles. The lowest BCUT2D eigenvalue weighted by Crippen LogP contribution is -2.38. The maximum Gasteiger partial charge on any atom is 0.215 e. The molecule has 0 aliphatic heterocycles. The molecule has 0 saturated carbocycles. The second-order valence-corrected chi connectivity index (χ2v) is 4.69. The number of carbonyl (C=O) groups is 2. The molecule has 0 bridgehead atoms. The molecule has 1 aliphatic carbocycles. The Morgan fingerprint density at radius 3 is 1.95 bits per heavy atom. The molecular formula is C17H12O3. The van der Waals surface area contributed by atoms with Crippen molar-refractivity contribution >= 4 is 17.1 Å². The van der Waals surface area contributed by atoms with Crippen molar-refractivity contribution in [3.05, 3.63) is 77.9 Å². The van der Waals surface area contributed by atoms with Crippen LogP contribution in [0.3, 0.4) is 0 Å². The summed E-state index contributed by atoms with van der Waals surface area (Å²) in [5, 5.41) is 10.6. The lowest BCUT2D eigenvalue weighted by Gasteiger charge is -2.20. The second kappa shape index (κ2) is 4.54. The number of rotatable bonds is 2. The van der Waals surface area contributed by atoms with Gasteiger partial charge in [0.25, 0.3) is 0 Å². The van der Waals surface area contributed by atoms with E-state index in [4.69, 9.17) is 0 Å². The maximum atomic E-state index is 12.5. The Balaban J connectivity index is 2.08. The highest BCUT2D eigenvalue weighted by Crippen LogP contribution is 2.36. The van der Waals surface area contributed by atoms with E-state index in [2.05, 4.69) is 0 Å². The number of hydrogen-bond donors (Lipinski definition) is 1. The fraction of sp³-hybridized carbons (Fsp3) is 0.0588.